The summed E-state index contributed by atoms with van der Waals surface area (Å²) in [6.07, 6.45) is 1.92. The number of rotatable bonds is 5. The molecule has 1 aliphatic rings. The van der Waals surface area contributed by atoms with Gasteiger partial charge in [-0.15, -0.1) is 10.2 Å². The van der Waals surface area contributed by atoms with Gasteiger partial charge in [-0.3, -0.25) is 9.30 Å². The maximum absolute atomic E-state index is 13.0. The first-order valence-electron chi connectivity index (χ1n) is 11.4. The lowest BCUT2D eigenvalue weighted by molar-refractivity contribution is 0.119. The molecule has 5 rings (SSSR count). The van der Waals surface area contributed by atoms with Gasteiger partial charge >= 0.3 is 6.03 Å². The highest BCUT2D eigenvalue weighted by Gasteiger charge is 2.29. The van der Waals surface area contributed by atoms with E-state index in [1.54, 1.807) is 0 Å². The number of urea groups is 1. The molecule has 0 saturated carbocycles. The topological polar surface area (TPSA) is 65.8 Å². The van der Waals surface area contributed by atoms with E-state index in [1.807, 2.05) is 52.8 Å². The molecule has 33 heavy (non-hydrogen) atoms. The lowest BCUT2D eigenvalue weighted by atomic mass is 9.96. The molecule has 0 spiro atoms. The van der Waals surface area contributed by atoms with E-state index in [0.717, 1.165) is 24.6 Å². The fourth-order valence-corrected chi connectivity index (χ4v) is 4.56. The summed E-state index contributed by atoms with van der Waals surface area (Å²) in [5, 5.41) is 11.6. The number of nitrogens with zero attached hydrogens (tertiary/aromatic N) is 5. The minimum Gasteiger partial charge on any atom is -0.328 e. The van der Waals surface area contributed by atoms with Crippen LogP contribution in [0, 0.1) is 0 Å². The molecule has 2 aromatic carbocycles. The van der Waals surface area contributed by atoms with Crippen molar-refractivity contribution < 1.29 is 4.79 Å². The van der Waals surface area contributed by atoms with Gasteiger partial charge in [0.05, 0.1) is 12.1 Å². The van der Waals surface area contributed by atoms with E-state index in [1.165, 1.54) is 11.1 Å². The van der Waals surface area contributed by atoms with Crippen LogP contribution in [0.2, 0.25) is 0 Å². The van der Waals surface area contributed by atoms with Gasteiger partial charge in [-0.1, -0.05) is 66.7 Å². The van der Waals surface area contributed by atoms with Crippen LogP contribution in [0.3, 0.4) is 0 Å². The molecule has 0 radical (unpaired) electrons. The maximum Gasteiger partial charge on any atom is 0.318 e. The van der Waals surface area contributed by atoms with E-state index in [9.17, 15) is 4.79 Å². The molecule has 4 aromatic rings. The number of nitrogens with one attached hydrogen (secondary N) is 1. The minimum absolute atomic E-state index is 0.0641. The fourth-order valence-electron chi connectivity index (χ4n) is 4.56. The first kappa shape index (κ1) is 21.2. The van der Waals surface area contributed by atoms with E-state index >= 15 is 0 Å². The van der Waals surface area contributed by atoms with Crippen LogP contribution < -0.4 is 5.32 Å². The van der Waals surface area contributed by atoms with Crippen molar-refractivity contribution in [2.75, 3.05) is 26.2 Å². The molecule has 1 aliphatic heterocycles. The highest BCUT2D eigenvalue weighted by Crippen LogP contribution is 2.29. The molecule has 3 heterocycles. The van der Waals surface area contributed by atoms with Gasteiger partial charge in [0.25, 0.3) is 0 Å². The number of hydrogen-bond acceptors (Lipinski definition) is 4. The van der Waals surface area contributed by atoms with Crippen molar-refractivity contribution in [3.63, 3.8) is 0 Å². The average molecular weight is 441 g/mol. The number of fused-ring (bicyclic) bond motifs is 1. The lowest BCUT2D eigenvalue weighted by Crippen LogP contribution is -2.53. The zero-order valence-corrected chi connectivity index (χ0v) is 18.7. The minimum atomic E-state index is -0.241. The molecule has 1 atom stereocenters. The lowest BCUT2D eigenvalue weighted by Gasteiger charge is -2.40. The van der Waals surface area contributed by atoms with Crippen LogP contribution in [-0.2, 0) is 0 Å². The smallest absolute Gasteiger partial charge is 0.318 e. The third-order valence-electron chi connectivity index (χ3n) is 6.26. The Kier molecular flexibility index (Phi) is 6.04. The number of amides is 2. The van der Waals surface area contributed by atoms with E-state index in [2.05, 4.69) is 68.9 Å². The molecule has 7 nitrogen and oxygen atoms in total. The molecule has 0 bridgehead atoms. The van der Waals surface area contributed by atoms with Gasteiger partial charge in [0.2, 0.25) is 0 Å². The Labute approximate surface area is 193 Å². The van der Waals surface area contributed by atoms with Gasteiger partial charge in [0.15, 0.2) is 11.5 Å². The Balaban J connectivity index is 1.25. The van der Waals surface area contributed by atoms with Crippen LogP contribution in [0.15, 0.2) is 85.1 Å². The molecular weight excluding hydrogens is 412 g/mol. The summed E-state index contributed by atoms with van der Waals surface area (Å²) in [7, 11) is 0. The molecule has 2 aromatic heterocycles. The maximum atomic E-state index is 13.0. The van der Waals surface area contributed by atoms with E-state index < -0.39 is 0 Å². The van der Waals surface area contributed by atoms with Gasteiger partial charge in [-0.25, -0.2) is 4.79 Å². The highest BCUT2D eigenvalue weighted by atomic mass is 16.2. The molecule has 2 amide bonds. The third kappa shape index (κ3) is 4.45. The normalized spacial score (nSPS) is 15.6. The van der Waals surface area contributed by atoms with Crippen molar-refractivity contribution in [1.82, 2.24) is 29.7 Å². The van der Waals surface area contributed by atoms with Gasteiger partial charge in [0, 0.05) is 32.4 Å². The summed E-state index contributed by atoms with van der Waals surface area (Å²) in [6, 6.07) is 26.8. The van der Waals surface area contributed by atoms with Crippen molar-refractivity contribution in [1.29, 1.82) is 0 Å². The van der Waals surface area contributed by atoms with E-state index in [-0.39, 0.29) is 18.1 Å². The van der Waals surface area contributed by atoms with Crippen LogP contribution in [0.4, 0.5) is 4.79 Å². The zero-order chi connectivity index (χ0) is 22.6. The molecular formula is C26H28N6O. The van der Waals surface area contributed by atoms with Crippen molar-refractivity contribution in [3.05, 3.63) is 102 Å². The summed E-state index contributed by atoms with van der Waals surface area (Å²) < 4.78 is 1.91. The summed E-state index contributed by atoms with van der Waals surface area (Å²) in [5.74, 6) is 0.728. The molecule has 1 N–H and O–H groups in total. The van der Waals surface area contributed by atoms with Crippen LogP contribution in [-0.4, -0.2) is 56.6 Å². The third-order valence-corrected chi connectivity index (χ3v) is 6.26. The largest absolute Gasteiger partial charge is 0.328 e. The Morgan fingerprint density at radius 2 is 1.42 bits per heavy atom. The fraction of sp³-hybridized carbons (Fsp3) is 0.269. The van der Waals surface area contributed by atoms with Crippen molar-refractivity contribution in [2.24, 2.45) is 0 Å². The second-order valence-corrected chi connectivity index (χ2v) is 8.41. The first-order chi connectivity index (χ1) is 16.2. The van der Waals surface area contributed by atoms with Gasteiger partial charge in [0.1, 0.15) is 0 Å². The number of carbonyl (C=O) groups excluding carboxylic acids is 1. The number of piperazine rings is 1. The summed E-state index contributed by atoms with van der Waals surface area (Å²) in [5.41, 5.74) is 3.32. The average Bonchev–Trinajstić information content (AvgIpc) is 3.30. The quantitative estimate of drug-likeness (QED) is 0.511. The van der Waals surface area contributed by atoms with Crippen molar-refractivity contribution in [2.45, 2.75) is 19.0 Å². The van der Waals surface area contributed by atoms with Gasteiger partial charge in [-0.05, 0) is 30.2 Å². The summed E-state index contributed by atoms with van der Waals surface area (Å²) in [4.78, 5) is 17.3. The number of carbonyl (C=O) groups is 1. The Bertz CT molecular complexity index is 1160. The van der Waals surface area contributed by atoms with E-state index in [0.29, 0.717) is 13.1 Å². The number of hydrogen-bond donors (Lipinski definition) is 1. The number of aromatic nitrogens is 3. The number of benzene rings is 2. The second kappa shape index (κ2) is 9.42. The van der Waals surface area contributed by atoms with Gasteiger partial charge in [-0.2, -0.15) is 0 Å². The summed E-state index contributed by atoms with van der Waals surface area (Å²) >= 11 is 0. The monoisotopic (exact) mass is 440 g/mol. The van der Waals surface area contributed by atoms with Crippen LogP contribution in [0.1, 0.15) is 36.0 Å². The van der Waals surface area contributed by atoms with E-state index in [4.69, 9.17) is 0 Å². The Morgan fingerprint density at radius 3 is 2.06 bits per heavy atom. The predicted octanol–water partition coefficient (Wildman–Crippen LogP) is 3.91. The van der Waals surface area contributed by atoms with Crippen LogP contribution in [0.5, 0.6) is 0 Å². The van der Waals surface area contributed by atoms with Crippen molar-refractivity contribution in [3.8, 4) is 0 Å². The second-order valence-electron chi connectivity index (χ2n) is 8.41. The van der Waals surface area contributed by atoms with Crippen LogP contribution in [0.25, 0.3) is 5.65 Å². The number of pyridine rings is 1. The Hall–Kier alpha value is -3.71. The first-order valence-corrected chi connectivity index (χ1v) is 11.4. The molecule has 168 valence electrons. The molecule has 1 fully saturated rings. The molecule has 1 saturated heterocycles. The Morgan fingerprint density at radius 1 is 0.818 bits per heavy atom. The summed E-state index contributed by atoms with van der Waals surface area (Å²) in [6.45, 7) is 4.91. The highest BCUT2D eigenvalue weighted by molar-refractivity contribution is 5.74. The standard InChI is InChI=1S/C26H28N6O/c1-20(25-29-28-23-14-8-9-15-32(23)25)27-26(33)31-18-16-30(17-19-31)24(21-10-4-2-5-11-21)22-12-6-3-7-13-22/h2-15,20,24H,16-19H2,1H3,(H,27,33). The molecule has 0 aliphatic carbocycles. The van der Waals surface area contributed by atoms with Crippen molar-refractivity contribution >= 4 is 11.7 Å². The van der Waals surface area contributed by atoms with Crippen LogP contribution >= 0.6 is 0 Å². The zero-order valence-electron chi connectivity index (χ0n) is 18.7. The predicted molar refractivity (Wildman–Crippen MR) is 128 cm³/mol. The molecule has 7 heteroatoms. The molecule has 1 unspecified atom stereocenters. The van der Waals surface area contributed by atoms with Gasteiger partial charge < -0.3 is 10.2 Å². The SMILES string of the molecule is CC(NC(=O)N1CCN(C(c2ccccc2)c2ccccc2)CC1)c1nnc2ccccn12.